The first-order chi connectivity index (χ1) is 49.6. The van der Waals surface area contributed by atoms with E-state index < -0.39 is 0 Å². The second-order valence-electron chi connectivity index (χ2n) is 26.2. The minimum Gasteiger partial charge on any atom is -0.458 e. The molecule has 6 heterocycles. The molecule has 0 amide bonds. The van der Waals surface area contributed by atoms with Gasteiger partial charge in [0, 0.05) is 104 Å². The first-order valence-corrected chi connectivity index (χ1v) is 35.8. The molecule has 0 unspecified atom stereocenters. The number of hydrogen-bond donors (Lipinski definition) is 0. The van der Waals surface area contributed by atoms with Crippen molar-refractivity contribution in [1.29, 1.82) is 0 Å². The highest BCUT2D eigenvalue weighted by atomic mass is 32.1. The van der Waals surface area contributed by atoms with Gasteiger partial charge in [-0.3, -0.25) is 0 Å². The predicted octanol–water partition coefficient (Wildman–Crippen LogP) is 21.5. The maximum absolute atomic E-state index is 7.45. The predicted molar refractivity (Wildman–Crippen MR) is 427 cm³/mol. The van der Waals surface area contributed by atoms with Gasteiger partial charge in [0.25, 0.3) is 13.4 Å². The molecule has 17 aromatic rings. The highest BCUT2D eigenvalue weighted by Crippen LogP contribution is 2.55. The molecule has 0 N–H and O–H groups in total. The maximum Gasteiger partial charge on any atom is 0.256 e. The summed E-state index contributed by atoms with van der Waals surface area (Å²) in [7, 11) is 0. The largest absolute Gasteiger partial charge is 0.458 e. The molecule has 0 atom stereocenters. The standard InChI is InChI=1S/C90H57B2N5OS2/c1-6-28-58(29-7-1)65-38-16-21-44-73(65)96-77-57-78-72(92-70-43-20-23-48-82(70)98-83-55-64(93(59-30-8-2-9-31-59)60-32-10-3-11-33-60)54-81(89(83)92)97(78)75-46-27-51-86-87(75)68-40-18-25-50-85(68)99-86)56-71(77)91-69-42-19-22-45-74(69)95(62-36-14-5-15-37-62)79-52-63(53-80(96)88(79)91)94(61-34-12-4-13-35-61)76-47-26-41-67-66-39-17-24-49-84(66)100-90(67)76/h1-57H. The number of thiophene rings is 2. The van der Waals surface area contributed by atoms with Gasteiger partial charge in [0.15, 0.2) is 0 Å². The molecule has 0 fully saturated rings. The summed E-state index contributed by atoms with van der Waals surface area (Å²) < 4.78 is 12.4. The molecule has 466 valence electrons. The van der Waals surface area contributed by atoms with Crippen molar-refractivity contribution in [1.82, 2.24) is 0 Å². The monoisotopic (exact) mass is 1310 g/mol. The molecule has 6 nitrogen and oxygen atoms in total. The van der Waals surface area contributed by atoms with Crippen LogP contribution < -0.4 is 62.0 Å². The average molecular weight is 1310 g/mol. The molecule has 10 heteroatoms. The van der Waals surface area contributed by atoms with E-state index >= 15 is 0 Å². The summed E-state index contributed by atoms with van der Waals surface area (Å²) in [6, 6.07) is 128. The number of rotatable bonds is 10. The van der Waals surface area contributed by atoms with E-state index in [4.69, 9.17) is 4.74 Å². The number of hydrogen-bond acceptors (Lipinski definition) is 8. The molecule has 0 bridgehead atoms. The molecule has 0 radical (unpaired) electrons. The van der Waals surface area contributed by atoms with Crippen molar-refractivity contribution in [3.8, 4) is 22.6 Å². The Morgan fingerprint density at radius 2 is 0.780 bits per heavy atom. The fourth-order valence-corrected chi connectivity index (χ4v) is 19.1. The number of anilines is 15. The highest BCUT2D eigenvalue weighted by molar-refractivity contribution is 7.26. The zero-order chi connectivity index (χ0) is 65.5. The van der Waals surface area contributed by atoms with Gasteiger partial charge in [0.1, 0.15) is 11.5 Å². The Bertz CT molecular complexity index is 6110. The van der Waals surface area contributed by atoms with Gasteiger partial charge in [-0.05, 0) is 160 Å². The maximum atomic E-state index is 7.45. The summed E-state index contributed by atoms with van der Waals surface area (Å²) in [6.45, 7) is -0.460. The first kappa shape index (κ1) is 56.8. The van der Waals surface area contributed by atoms with Crippen LogP contribution in [0.4, 0.5) is 85.3 Å². The molecule has 0 saturated carbocycles. The fraction of sp³-hybridized carbons (Fsp3) is 0. The fourth-order valence-electron chi connectivity index (χ4n) is 16.7. The topological polar surface area (TPSA) is 25.4 Å². The van der Waals surface area contributed by atoms with E-state index in [2.05, 4.69) is 370 Å². The minimum absolute atomic E-state index is 0.229. The van der Waals surface area contributed by atoms with E-state index in [0.717, 1.165) is 119 Å². The van der Waals surface area contributed by atoms with Gasteiger partial charge < -0.3 is 29.2 Å². The summed E-state index contributed by atoms with van der Waals surface area (Å²) in [5.74, 6) is 1.68. The third-order valence-corrected chi connectivity index (χ3v) is 23.1. The van der Waals surface area contributed by atoms with Crippen LogP contribution in [0.15, 0.2) is 346 Å². The zero-order valence-electron chi connectivity index (χ0n) is 54.0. The molecule has 0 spiro atoms. The Morgan fingerprint density at radius 1 is 0.280 bits per heavy atom. The summed E-state index contributed by atoms with van der Waals surface area (Å²) in [5, 5.41) is 4.95. The zero-order valence-corrected chi connectivity index (χ0v) is 55.7. The van der Waals surface area contributed by atoms with Gasteiger partial charge in [-0.1, -0.05) is 218 Å². The van der Waals surface area contributed by atoms with E-state index in [1.54, 1.807) is 0 Å². The minimum atomic E-state index is -0.232. The molecule has 0 aliphatic carbocycles. The molecule has 4 aliphatic rings. The normalized spacial score (nSPS) is 13.0. The molecule has 21 rings (SSSR count). The van der Waals surface area contributed by atoms with Crippen LogP contribution in [0.1, 0.15) is 0 Å². The van der Waals surface area contributed by atoms with E-state index in [9.17, 15) is 0 Å². The summed E-state index contributed by atoms with van der Waals surface area (Å²) in [4.78, 5) is 12.7. The Hall–Kier alpha value is -12.3. The first-order valence-electron chi connectivity index (χ1n) is 34.2. The molecule has 2 aromatic heterocycles. The van der Waals surface area contributed by atoms with Gasteiger partial charge in [0.2, 0.25) is 0 Å². The lowest BCUT2D eigenvalue weighted by molar-refractivity contribution is 0.487. The highest BCUT2D eigenvalue weighted by Gasteiger charge is 2.49. The lowest BCUT2D eigenvalue weighted by Crippen LogP contribution is -2.64. The summed E-state index contributed by atoms with van der Waals surface area (Å²) >= 11 is 3.72. The van der Waals surface area contributed by atoms with Crippen molar-refractivity contribution in [2.45, 2.75) is 0 Å². The van der Waals surface area contributed by atoms with Gasteiger partial charge in [-0.2, -0.15) is 0 Å². The molecular weight excluding hydrogens is 1250 g/mol. The lowest BCUT2D eigenvalue weighted by atomic mass is 9.30. The second kappa shape index (κ2) is 22.6. The molecule has 100 heavy (non-hydrogen) atoms. The summed E-state index contributed by atoms with van der Waals surface area (Å²) in [5.41, 5.74) is 25.6. The Kier molecular flexibility index (Phi) is 12.9. The van der Waals surface area contributed by atoms with Gasteiger partial charge >= 0.3 is 0 Å². The molecular formula is C90H57B2N5OS2. The molecule has 0 saturated heterocycles. The van der Waals surface area contributed by atoms with Crippen molar-refractivity contribution < 1.29 is 4.74 Å². The third kappa shape index (κ3) is 8.64. The SMILES string of the molecule is c1ccc(-c2ccccc2N2c3cc4c(cc3B3c5ccccc5N(c5ccccc5)c5cc(N(c6ccccc6)c6cccc7c6sc6ccccc67)cc2c53)B2c3ccccc3Oc3cc(N(c5ccccc5)c5ccccc5)cc(c32)N4c2cccc3sc4ccccc4c23)cc1. The Morgan fingerprint density at radius 3 is 1.50 bits per heavy atom. The molecule has 15 aromatic carbocycles. The Balaban J connectivity index is 0.912. The van der Waals surface area contributed by atoms with Crippen LogP contribution in [-0.2, 0) is 0 Å². The van der Waals surface area contributed by atoms with Crippen molar-refractivity contribution in [3.63, 3.8) is 0 Å². The second-order valence-corrected chi connectivity index (χ2v) is 28.3. The number of benzene rings is 15. The van der Waals surface area contributed by atoms with Gasteiger partial charge in [0.05, 0.1) is 33.1 Å². The van der Waals surface area contributed by atoms with E-state index in [0.29, 0.717) is 0 Å². The number of fused-ring (bicyclic) bond motifs is 14. The van der Waals surface area contributed by atoms with Crippen LogP contribution in [0, 0.1) is 0 Å². The van der Waals surface area contributed by atoms with Crippen molar-refractivity contribution in [2.75, 3.05) is 24.5 Å². The van der Waals surface area contributed by atoms with E-state index in [1.165, 1.54) is 62.2 Å². The lowest BCUT2D eigenvalue weighted by Gasteiger charge is -2.47. The quantitative estimate of drug-likeness (QED) is 0.127. The number of nitrogens with zero attached hydrogens (tertiary/aromatic N) is 5. The van der Waals surface area contributed by atoms with Crippen LogP contribution in [0.5, 0.6) is 11.5 Å². The van der Waals surface area contributed by atoms with Crippen LogP contribution in [-0.4, -0.2) is 13.4 Å². The van der Waals surface area contributed by atoms with Crippen molar-refractivity contribution in [3.05, 3.63) is 346 Å². The van der Waals surface area contributed by atoms with E-state index in [-0.39, 0.29) is 13.4 Å². The van der Waals surface area contributed by atoms with Gasteiger partial charge in [-0.15, -0.1) is 22.7 Å². The Labute approximate surface area is 588 Å². The average Bonchev–Trinajstić information content (AvgIpc) is 0.836. The smallest absolute Gasteiger partial charge is 0.256 e. The number of para-hydroxylation sites is 7. The van der Waals surface area contributed by atoms with Gasteiger partial charge in [-0.25, -0.2) is 0 Å². The van der Waals surface area contributed by atoms with Crippen LogP contribution in [0.3, 0.4) is 0 Å². The van der Waals surface area contributed by atoms with Crippen molar-refractivity contribution >= 4 is 195 Å². The van der Waals surface area contributed by atoms with E-state index in [1.807, 2.05) is 22.7 Å². The third-order valence-electron chi connectivity index (χ3n) is 20.8. The summed E-state index contributed by atoms with van der Waals surface area (Å²) in [6.07, 6.45) is 0. The van der Waals surface area contributed by atoms with Crippen molar-refractivity contribution in [2.24, 2.45) is 0 Å². The number of ether oxygens (including phenoxy) is 1. The van der Waals surface area contributed by atoms with Crippen LogP contribution >= 0.6 is 22.7 Å². The molecule has 4 aliphatic heterocycles. The van der Waals surface area contributed by atoms with Crippen LogP contribution in [0.25, 0.3) is 51.5 Å². The van der Waals surface area contributed by atoms with Crippen LogP contribution in [0.2, 0.25) is 0 Å².